The number of carbonyl (C=O) groups excluding carboxylic acids is 3. The van der Waals surface area contributed by atoms with E-state index >= 15 is 0 Å². The second kappa shape index (κ2) is 14.2. The van der Waals surface area contributed by atoms with Crippen molar-refractivity contribution in [1.82, 2.24) is 0 Å². The number of carbonyl (C=O) groups is 3. The molecule has 3 aromatic rings. The van der Waals surface area contributed by atoms with Crippen LogP contribution in [-0.4, -0.2) is 69.8 Å². The van der Waals surface area contributed by atoms with Crippen molar-refractivity contribution >= 4 is 74.2 Å². The van der Waals surface area contributed by atoms with E-state index in [0.717, 1.165) is 21.1 Å². The SMILES string of the molecule is CC(C)=O.CCOC(=O)c1c(/N=C/c2scc3c2OCCO3)sc(/N=C/c2scc3c2OCCO3)c1C(=O)OCC. The van der Waals surface area contributed by atoms with Crippen LogP contribution >= 0.6 is 34.0 Å². The molecule has 41 heavy (non-hydrogen) atoms. The number of Topliss-reactive ketones (excluding diaryl/α,β-unsaturated/α-hetero) is 1. The Labute approximate surface area is 248 Å². The molecule has 0 bridgehead atoms. The third kappa shape index (κ3) is 7.31. The van der Waals surface area contributed by atoms with Gasteiger partial charge in [0.05, 0.1) is 23.0 Å². The van der Waals surface area contributed by atoms with Gasteiger partial charge in [0.25, 0.3) is 0 Å². The van der Waals surface area contributed by atoms with E-state index < -0.39 is 11.9 Å². The molecule has 218 valence electrons. The first-order chi connectivity index (χ1) is 19.8. The molecule has 0 saturated carbocycles. The van der Waals surface area contributed by atoms with Crippen LogP contribution in [0.2, 0.25) is 0 Å². The minimum absolute atomic E-state index is 0.00378. The Bertz CT molecular complexity index is 1360. The summed E-state index contributed by atoms with van der Waals surface area (Å²) in [6, 6.07) is 0. The summed E-state index contributed by atoms with van der Waals surface area (Å²) >= 11 is 3.88. The predicted octanol–water partition coefficient (Wildman–Crippen LogP) is 5.86. The number of esters is 2. The molecule has 2 aliphatic heterocycles. The first-order valence-electron chi connectivity index (χ1n) is 12.6. The molecule has 11 nitrogen and oxygen atoms in total. The normalized spacial score (nSPS) is 13.6. The van der Waals surface area contributed by atoms with E-state index in [1.165, 1.54) is 36.5 Å². The summed E-state index contributed by atoms with van der Waals surface area (Å²) in [5.74, 6) is 1.29. The zero-order chi connectivity index (χ0) is 29.4. The number of rotatable bonds is 8. The minimum atomic E-state index is -0.687. The van der Waals surface area contributed by atoms with Gasteiger partial charge in [-0.1, -0.05) is 11.3 Å². The van der Waals surface area contributed by atoms with E-state index in [0.29, 0.717) is 49.4 Å². The maximum Gasteiger partial charge on any atom is 0.342 e. The highest BCUT2D eigenvalue weighted by Gasteiger charge is 2.31. The molecule has 0 amide bonds. The van der Waals surface area contributed by atoms with Crippen LogP contribution in [0.1, 0.15) is 58.2 Å². The molecule has 0 aliphatic carbocycles. The maximum absolute atomic E-state index is 13.0. The Balaban J connectivity index is 0.000000909. The van der Waals surface area contributed by atoms with Crippen molar-refractivity contribution < 1.29 is 42.8 Å². The lowest BCUT2D eigenvalue weighted by Gasteiger charge is -2.14. The summed E-state index contributed by atoms with van der Waals surface area (Å²) < 4.78 is 33.1. The van der Waals surface area contributed by atoms with Crippen LogP contribution < -0.4 is 18.9 Å². The highest BCUT2D eigenvalue weighted by atomic mass is 32.1. The summed E-state index contributed by atoms with van der Waals surface area (Å²) in [5, 5.41) is 4.20. The maximum atomic E-state index is 13.0. The van der Waals surface area contributed by atoms with E-state index in [1.54, 1.807) is 26.3 Å². The van der Waals surface area contributed by atoms with Crippen LogP contribution in [0.4, 0.5) is 10.0 Å². The Morgan fingerprint density at radius 3 is 1.54 bits per heavy atom. The van der Waals surface area contributed by atoms with E-state index in [9.17, 15) is 14.4 Å². The van der Waals surface area contributed by atoms with Crippen LogP contribution in [-0.2, 0) is 14.3 Å². The van der Waals surface area contributed by atoms with Gasteiger partial charge in [0.1, 0.15) is 53.3 Å². The highest BCUT2D eigenvalue weighted by Crippen LogP contribution is 2.44. The molecule has 0 fully saturated rings. The van der Waals surface area contributed by atoms with Gasteiger partial charge in [-0.2, -0.15) is 0 Å². The number of ether oxygens (including phenoxy) is 6. The number of aliphatic imine (C=N–C) groups is 2. The van der Waals surface area contributed by atoms with E-state index in [4.69, 9.17) is 28.4 Å². The van der Waals surface area contributed by atoms with Crippen molar-refractivity contribution in [2.75, 3.05) is 39.6 Å². The number of nitrogens with zero attached hydrogens (tertiary/aromatic N) is 2. The largest absolute Gasteiger partial charge is 0.485 e. The lowest BCUT2D eigenvalue weighted by Crippen LogP contribution is -2.14. The minimum Gasteiger partial charge on any atom is -0.485 e. The summed E-state index contributed by atoms with van der Waals surface area (Å²) in [5.41, 5.74) is 0.00756. The average molecular weight is 621 g/mol. The Morgan fingerprint density at radius 1 is 0.756 bits per heavy atom. The summed E-state index contributed by atoms with van der Waals surface area (Å²) in [6.45, 7) is 8.51. The standard InChI is InChI=1S/C24H22N2O8S3.C3H6O/c1-3-29-23(27)17-18(24(28)30-4-2)22(26-10-16-20-14(12-36-16)32-6-8-34-20)37-21(17)25-9-15-19-13(11-35-15)31-5-7-33-19;1-3(2)4/h9-12H,3-8H2,1-2H3;1-2H3/b25-9+,26-10+;. The van der Waals surface area contributed by atoms with Gasteiger partial charge in [-0.3, -0.25) is 0 Å². The average Bonchev–Trinajstić information content (AvgIpc) is 3.66. The fourth-order valence-corrected chi connectivity index (χ4v) is 6.10. The van der Waals surface area contributed by atoms with Crippen LogP contribution in [0.15, 0.2) is 20.7 Å². The first-order valence-corrected chi connectivity index (χ1v) is 15.2. The topological polar surface area (TPSA) is 131 Å². The van der Waals surface area contributed by atoms with Crippen molar-refractivity contribution in [3.05, 3.63) is 31.6 Å². The molecule has 0 unspecified atom stereocenters. The number of hydrogen-bond donors (Lipinski definition) is 0. The van der Waals surface area contributed by atoms with Crippen molar-refractivity contribution in [2.45, 2.75) is 27.7 Å². The van der Waals surface area contributed by atoms with Crippen LogP contribution in [0.5, 0.6) is 23.0 Å². The lowest BCUT2D eigenvalue weighted by molar-refractivity contribution is -0.115. The van der Waals surface area contributed by atoms with Crippen molar-refractivity contribution in [3.63, 3.8) is 0 Å². The number of ketones is 1. The Hall–Kier alpha value is -3.75. The summed E-state index contributed by atoms with van der Waals surface area (Å²) in [7, 11) is 0. The number of thiophene rings is 3. The van der Waals surface area contributed by atoms with Crippen LogP contribution in [0.3, 0.4) is 0 Å². The molecule has 3 aromatic heterocycles. The Morgan fingerprint density at radius 2 is 1.15 bits per heavy atom. The second-order valence-electron chi connectivity index (χ2n) is 8.31. The van der Waals surface area contributed by atoms with Crippen LogP contribution in [0.25, 0.3) is 0 Å². The molecule has 0 atom stereocenters. The zero-order valence-electron chi connectivity index (χ0n) is 22.8. The van der Waals surface area contributed by atoms with Gasteiger partial charge in [-0.05, 0) is 27.7 Å². The van der Waals surface area contributed by atoms with Gasteiger partial charge in [0, 0.05) is 23.2 Å². The third-order valence-electron chi connectivity index (χ3n) is 5.08. The van der Waals surface area contributed by atoms with Gasteiger partial charge in [-0.25, -0.2) is 19.6 Å². The molecule has 5 rings (SSSR count). The van der Waals surface area contributed by atoms with Gasteiger partial charge >= 0.3 is 11.9 Å². The molecule has 0 spiro atoms. The zero-order valence-corrected chi connectivity index (χ0v) is 25.3. The lowest BCUT2D eigenvalue weighted by atomic mass is 10.1. The fourth-order valence-electron chi connectivity index (χ4n) is 3.55. The van der Waals surface area contributed by atoms with Gasteiger partial charge in [0.15, 0.2) is 23.0 Å². The summed E-state index contributed by atoms with van der Waals surface area (Å²) in [6.07, 6.45) is 3.16. The Kier molecular flexibility index (Phi) is 10.5. The predicted molar refractivity (Wildman–Crippen MR) is 158 cm³/mol. The molecule has 0 aromatic carbocycles. The summed E-state index contributed by atoms with van der Waals surface area (Å²) in [4.78, 5) is 46.0. The quantitative estimate of drug-likeness (QED) is 0.224. The first kappa shape index (κ1) is 30.2. The van der Waals surface area contributed by atoms with Gasteiger partial charge in [-0.15, -0.1) is 22.7 Å². The molecular weight excluding hydrogens is 593 g/mol. The molecular formula is C27H28N2O9S3. The van der Waals surface area contributed by atoms with E-state index in [1.807, 2.05) is 10.8 Å². The molecule has 5 heterocycles. The fraction of sp³-hybridized carbons (Fsp3) is 0.370. The van der Waals surface area contributed by atoms with Crippen molar-refractivity contribution in [2.24, 2.45) is 9.98 Å². The molecule has 14 heteroatoms. The molecule has 0 N–H and O–H groups in total. The van der Waals surface area contributed by atoms with E-state index in [-0.39, 0.29) is 40.1 Å². The number of fused-ring (bicyclic) bond motifs is 2. The molecule has 2 aliphatic rings. The van der Waals surface area contributed by atoms with Crippen molar-refractivity contribution in [1.29, 1.82) is 0 Å². The van der Waals surface area contributed by atoms with E-state index in [2.05, 4.69) is 9.98 Å². The highest BCUT2D eigenvalue weighted by molar-refractivity contribution is 7.20. The second-order valence-corrected chi connectivity index (χ2v) is 11.1. The number of hydrogen-bond acceptors (Lipinski definition) is 14. The van der Waals surface area contributed by atoms with Gasteiger partial charge < -0.3 is 33.2 Å². The van der Waals surface area contributed by atoms with Crippen LogP contribution in [0, 0.1) is 0 Å². The van der Waals surface area contributed by atoms with Crippen molar-refractivity contribution in [3.8, 4) is 23.0 Å². The third-order valence-corrected chi connectivity index (χ3v) is 7.84. The smallest absolute Gasteiger partial charge is 0.342 e. The molecule has 0 radical (unpaired) electrons. The molecule has 0 saturated heterocycles. The van der Waals surface area contributed by atoms with Gasteiger partial charge in [0.2, 0.25) is 0 Å². The monoisotopic (exact) mass is 620 g/mol.